The van der Waals surface area contributed by atoms with E-state index < -0.39 is 6.04 Å². The molecule has 2 amide bonds. The van der Waals surface area contributed by atoms with Crippen LogP contribution in [0, 0.1) is 0 Å². The second-order valence-corrected chi connectivity index (χ2v) is 5.59. The second kappa shape index (κ2) is 7.59. The lowest BCUT2D eigenvalue weighted by molar-refractivity contribution is -0.139. The highest BCUT2D eigenvalue weighted by atomic mass is 16.5. The average molecular weight is 283 g/mol. The van der Waals surface area contributed by atoms with Crippen LogP contribution in [0.5, 0.6) is 0 Å². The minimum atomic E-state index is -0.467. The fourth-order valence-electron chi connectivity index (χ4n) is 2.78. The molecule has 1 unspecified atom stereocenters. The van der Waals surface area contributed by atoms with Crippen molar-refractivity contribution in [2.75, 3.05) is 32.8 Å². The molecule has 1 aliphatic heterocycles. The van der Waals surface area contributed by atoms with Crippen molar-refractivity contribution in [3.05, 3.63) is 0 Å². The minimum Gasteiger partial charge on any atom is -0.378 e. The van der Waals surface area contributed by atoms with Crippen molar-refractivity contribution in [1.82, 2.24) is 15.5 Å². The predicted molar refractivity (Wildman–Crippen MR) is 75.3 cm³/mol. The molecule has 2 aliphatic rings. The summed E-state index contributed by atoms with van der Waals surface area (Å²) in [5.74, 6) is -0.131. The summed E-state index contributed by atoms with van der Waals surface area (Å²) in [4.78, 5) is 25.7. The Bertz CT molecular complexity index is 337. The molecule has 1 saturated heterocycles. The van der Waals surface area contributed by atoms with E-state index >= 15 is 0 Å². The Balaban J connectivity index is 1.67. The highest BCUT2D eigenvalue weighted by molar-refractivity contribution is 5.88. The van der Waals surface area contributed by atoms with Gasteiger partial charge in [-0.2, -0.15) is 0 Å². The standard InChI is InChI=1S/C14H25N3O3/c1-11(14(19)17-6-8-20-9-7-17)16-13(18)10-15-12-4-2-3-5-12/h11-12,15H,2-10H2,1H3,(H,16,18). The number of carbonyl (C=O) groups is 2. The van der Waals surface area contributed by atoms with Crippen LogP contribution in [-0.2, 0) is 14.3 Å². The molecule has 114 valence electrons. The largest absolute Gasteiger partial charge is 0.378 e. The molecule has 2 rings (SSSR count). The van der Waals surface area contributed by atoms with Crippen molar-refractivity contribution in [1.29, 1.82) is 0 Å². The molecular formula is C14H25N3O3. The van der Waals surface area contributed by atoms with Gasteiger partial charge in [0, 0.05) is 19.1 Å². The molecule has 1 atom stereocenters. The summed E-state index contributed by atoms with van der Waals surface area (Å²) in [5, 5.41) is 6.02. The van der Waals surface area contributed by atoms with E-state index in [4.69, 9.17) is 4.74 Å². The third kappa shape index (κ3) is 4.45. The number of ether oxygens (including phenoxy) is 1. The number of carbonyl (C=O) groups excluding carboxylic acids is 2. The fourth-order valence-corrected chi connectivity index (χ4v) is 2.78. The van der Waals surface area contributed by atoms with Gasteiger partial charge in [-0.05, 0) is 19.8 Å². The van der Waals surface area contributed by atoms with Crippen LogP contribution in [0.1, 0.15) is 32.6 Å². The minimum absolute atomic E-state index is 0.0254. The van der Waals surface area contributed by atoms with Crippen LogP contribution in [0.4, 0.5) is 0 Å². The van der Waals surface area contributed by atoms with Crippen LogP contribution in [0.3, 0.4) is 0 Å². The number of hydrogen-bond acceptors (Lipinski definition) is 4. The first-order valence-electron chi connectivity index (χ1n) is 7.56. The van der Waals surface area contributed by atoms with E-state index in [1.165, 1.54) is 12.8 Å². The molecule has 0 aromatic heterocycles. The third-order valence-corrected chi connectivity index (χ3v) is 3.98. The Kier molecular flexibility index (Phi) is 5.79. The van der Waals surface area contributed by atoms with Gasteiger partial charge < -0.3 is 20.3 Å². The summed E-state index contributed by atoms with van der Waals surface area (Å²) < 4.78 is 5.21. The van der Waals surface area contributed by atoms with E-state index in [0.29, 0.717) is 38.9 Å². The summed E-state index contributed by atoms with van der Waals surface area (Å²) in [6.45, 7) is 4.42. The first-order valence-corrected chi connectivity index (χ1v) is 7.56. The van der Waals surface area contributed by atoms with Gasteiger partial charge in [0.1, 0.15) is 6.04 Å². The Labute approximate surface area is 120 Å². The Hall–Kier alpha value is -1.14. The number of rotatable bonds is 5. The molecular weight excluding hydrogens is 258 g/mol. The van der Waals surface area contributed by atoms with E-state index in [2.05, 4.69) is 10.6 Å². The van der Waals surface area contributed by atoms with Crippen LogP contribution in [0.15, 0.2) is 0 Å². The zero-order chi connectivity index (χ0) is 14.4. The maximum Gasteiger partial charge on any atom is 0.245 e. The predicted octanol–water partition coefficient (Wildman–Crippen LogP) is -0.118. The summed E-state index contributed by atoms with van der Waals surface area (Å²) in [6.07, 6.45) is 4.78. The van der Waals surface area contributed by atoms with Gasteiger partial charge in [0.05, 0.1) is 19.8 Å². The molecule has 0 aromatic carbocycles. The quantitative estimate of drug-likeness (QED) is 0.738. The molecule has 6 heteroatoms. The third-order valence-electron chi connectivity index (χ3n) is 3.98. The first-order chi connectivity index (χ1) is 9.66. The maximum atomic E-state index is 12.1. The smallest absolute Gasteiger partial charge is 0.245 e. The molecule has 2 fully saturated rings. The van der Waals surface area contributed by atoms with E-state index in [1.807, 2.05) is 0 Å². The SMILES string of the molecule is CC(NC(=O)CNC1CCCC1)C(=O)N1CCOCC1. The summed E-state index contributed by atoms with van der Waals surface area (Å²) in [7, 11) is 0. The van der Waals surface area contributed by atoms with E-state index in [-0.39, 0.29) is 11.8 Å². The number of morpholine rings is 1. The lowest BCUT2D eigenvalue weighted by Gasteiger charge is -2.29. The zero-order valence-electron chi connectivity index (χ0n) is 12.2. The molecule has 0 aromatic rings. The van der Waals surface area contributed by atoms with Crippen molar-refractivity contribution in [2.45, 2.75) is 44.7 Å². The molecule has 2 N–H and O–H groups in total. The molecule has 1 heterocycles. The monoisotopic (exact) mass is 283 g/mol. The maximum absolute atomic E-state index is 12.1. The van der Waals surface area contributed by atoms with Crippen molar-refractivity contribution in [2.24, 2.45) is 0 Å². The Morgan fingerprint density at radius 3 is 2.55 bits per heavy atom. The molecule has 6 nitrogen and oxygen atoms in total. The van der Waals surface area contributed by atoms with Crippen molar-refractivity contribution in [3.8, 4) is 0 Å². The summed E-state index contributed by atoms with van der Waals surface area (Å²) >= 11 is 0. The van der Waals surface area contributed by atoms with Crippen LogP contribution >= 0.6 is 0 Å². The lowest BCUT2D eigenvalue weighted by atomic mass is 10.2. The van der Waals surface area contributed by atoms with Gasteiger partial charge in [-0.1, -0.05) is 12.8 Å². The number of nitrogens with one attached hydrogen (secondary N) is 2. The summed E-state index contributed by atoms with van der Waals surface area (Å²) in [5.41, 5.74) is 0. The molecule has 1 saturated carbocycles. The number of nitrogens with zero attached hydrogens (tertiary/aromatic N) is 1. The summed E-state index contributed by atoms with van der Waals surface area (Å²) in [6, 6.07) is -0.00280. The van der Waals surface area contributed by atoms with Crippen molar-refractivity contribution < 1.29 is 14.3 Å². The van der Waals surface area contributed by atoms with Crippen LogP contribution in [0.25, 0.3) is 0 Å². The van der Waals surface area contributed by atoms with Crippen LogP contribution in [-0.4, -0.2) is 61.6 Å². The van der Waals surface area contributed by atoms with Gasteiger partial charge in [0.25, 0.3) is 0 Å². The number of amides is 2. The molecule has 0 spiro atoms. The zero-order valence-corrected chi connectivity index (χ0v) is 12.2. The van der Waals surface area contributed by atoms with Gasteiger partial charge in [0.2, 0.25) is 11.8 Å². The average Bonchev–Trinajstić information content (AvgIpc) is 2.98. The topological polar surface area (TPSA) is 70.7 Å². The highest BCUT2D eigenvalue weighted by Crippen LogP contribution is 2.17. The van der Waals surface area contributed by atoms with Crippen molar-refractivity contribution >= 4 is 11.8 Å². The Morgan fingerprint density at radius 1 is 1.25 bits per heavy atom. The van der Waals surface area contributed by atoms with Gasteiger partial charge in [-0.15, -0.1) is 0 Å². The second-order valence-electron chi connectivity index (χ2n) is 5.59. The van der Waals surface area contributed by atoms with E-state index in [9.17, 15) is 9.59 Å². The molecule has 0 radical (unpaired) electrons. The highest BCUT2D eigenvalue weighted by Gasteiger charge is 2.24. The van der Waals surface area contributed by atoms with E-state index in [1.54, 1.807) is 11.8 Å². The van der Waals surface area contributed by atoms with Crippen molar-refractivity contribution in [3.63, 3.8) is 0 Å². The van der Waals surface area contributed by atoms with Crippen LogP contribution < -0.4 is 10.6 Å². The van der Waals surface area contributed by atoms with Gasteiger partial charge >= 0.3 is 0 Å². The van der Waals surface area contributed by atoms with Gasteiger partial charge in [-0.25, -0.2) is 0 Å². The normalized spacial score (nSPS) is 21.8. The van der Waals surface area contributed by atoms with Crippen LogP contribution in [0.2, 0.25) is 0 Å². The van der Waals surface area contributed by atoms with E-state index in [0.717, 1.165) is 12.8 Å². The lowest BCUT2D eigenvalue weighted by Crippen LogP contribution is -2.52. The molecule has 0 bridgehead atoms. The van der Waals surface area contributed by atoms with Gasteiger partial charge in [0.15, 0.2) is 0 Å². The fraction of sp³-hybridized carbons (Fsp3) is 0.857. The number of hydrogen-bond donors (Lipinski definition) is 2. The molecule has 20 heavy (non-hydrogen) atoms. The van der Waals surface area contributed by atoms with Gasteiger partial charge in [-0.3, -0.25) is 9.59 Å². The first kappa shape index (κ1) is 15.3. The Morgan fingerprint density at radius 2 is 1.90 bits per heavy atom. The molecule has 1 aliphatic carbocycles.